The molecule has 0 spiro atoms. The number of aromatic amines is 1. The fourth-order valence-corrected chi connectivity index (χ4v) is 2.93. The summed E-state index contributed by atoms with van der Waals surface area (Å²) in [6.07, 6.45) is 0.963. The maximum absolute atomic E-state index is 11.6. The van der Waals surface area contributed by atoms with E-state index < -0.39 is 0 Å². The molecule has 0 aliphatic heterocycles. The molecule has 0 amide bonds. The van der Waals surface area contributed by atoms with Gasteiger partial charge in [0, 0.05) is 16.5 Å². The van der Waals surface area contributed by atoms with Crippen LogP contribution < -0.4 is 0 Å². The number of fused-ring (bicyclic) bond motifs is 1. The molecule has 1 aromatic heterocycles. The summed E-state index contributed by atoms with van der Waals surface area (Å²) in [6.45, 7) is 6.41. The lowest BCUT2D eigenvalue weighted by atomic mass is 9.98. The minimum atomic E-state index is 0.413. The van der Waals surface area contributed by atoms with Crippen molar-refractivity contribution < 1.29 is 4.79 Å². The molecule has 3 rings (SSSR count). The zero-order chi connectivity index (χ0) is 15.0. The highest BCUT2D eigenvalue weighted by Crippen LogP contribution is 2.34. The number of benzene rings is 2. The molecule has 0 bridgehead atoms. The molecule has 0 aliphatic carbocycles. The van der Waals surface area contributed by atoms with Gasteiger partial charge in [-0.1, -0.05) is 56.3 Å². The SMILES string of the molecule is Cc1ccccc1-c1[nH]c2c(C(C)C)cccc2c1C=O. The zero-order valence-electron chi connectivity index (χ0n) is 12.6. The molecule has 3 aromatic rings. The number of hydrogen-bond acceptors (Lipinski definition) is 1. The van der Waals surface area contributed by atoms with Gasteiger partial charge in [0.15, 0.2) is 6.29 Å². The van der Waals surface area contributed by atoms with E-state index in [4.69, 9.17) is 0 Å². The number of aromatic nitrogens is 1. The molecular formula is C19H19NO. The molecule has 0 fully saturated rings. The third-order valence-corrected chi connectivity index (χ3v) is 4.06. The van der Waals surface area contributed by atoms with Gasteiger partial charge in [-0.15, -0.1) is 0 Å². The van der Waals surface area contributed by atoms with Crippen LogP contribution in [0.4, 0.5) is 0 Å². The zero-order valence-corrected chi connectivity index (χ0v) is 12.6. The lowest BCUT2D eigenvalue weighted by Crippen LogP contribution is -1.88. The molecule has 0 aliphatic rings. The summed E-state index contributed by atoms with van der Waals surface area (Å²) in [5.41, 5.74) is 6.25. The third kappa shape index (κ3) is 2.17. The minimum Gasteiger partial charge on any atom is -0.354 e. The number of carbonyl (C=O) groups is 1. The number of H-pyrrole nitrogens is 1. The van der Waals surface area contributed by atoms with Crippen molar-refractivity contribution in [2.24, 2.45) is 0 Å². The van der Waals surface area contributed by atoms with Crippen molar-refractivity contribution in [3.63, 3.8) is 0 Å². The van der Waals surface area contributed by atoms with Crippen molar-refractivity contribution in [1.82, 2.24) is 4.98 Å². The molecule has 0 saturated carbocycles. The van der Waals surface area contributed by atoms with Crippen LogP contribution in [0.3, 0.4) is 0 Å². The van der Waals surface area contributed by atoms with Crippen LogP contribution in [0.25, 0.3) is 22.2 Å². The van der Waals surface area contributed by atoms with Crippen LogP contribution in [0.5, 0.6) is 0 Å². The smallest absolute Gasteiger partial charge is 0.152 e. The Kier molecular flexibility index (Phi) is 3.38. The van der Waals surface area contributed by atoms with E-state index in [0.717, 1.165) is 34.0 Å². The third-order valence-electron chi connectivity index (χ3n) is 4.06. The topological polar surface area (TPSA) is 32.9 Å². The van der Waals surface area contributed by atoms with Gasteiger partial charge in [0.2, 0.25) is 0 Å². The first kappa shape index (κ1) is 13.6. The fraction of sp³-hybridized carbons (Fsp3) is 0.211. The van der Waals surface area contributed by atoms with Crippen LogP contribution in [0, 0.1) is 6.92 Å². The average Bonchev–Trinajstić information content (AvgIpc) is 2.85. The summed E-state index contributed by atoms with van der Waals surface area (Å²) in [6, 6.07) is 14.3. The maximum Gasteiger partial charge on any atom is 0.152 e. The highest BCUT2D eigenvalue weighted by Gasteiger charge is 2.16. The van der Waals surface area contributed by atoms with Gasteiger partial charge in [-0.2, -0.15) is 0 Å². The van der Waals surface area contributed by atoms with E-state index >= 15 is 0 Å². The first-order chi connectivity index (χ1) is 10.1. The molecule has 0 radical (unpaired) electrons. The van der Waals surface area contributed by atoms with Crippen molar-refractivity contribution in [3.05, 3.63) is 59.2 Å². The fourth-order valence-electron chi connectivity index (χ4n) is 2.93. The Labute approximate surface area is 124 Å². The predicted molar refractivity (Wildman–Crippen MR) is 87.9 cm³/mol. The second-order valence-electron chi connectivity index (χ2n) is 5.77. The highest BCUT2D eigenvalue weighted by atomic mass is 16.1. The lowest BCUT2D eigenvalue weighted by Gasteiger charge is -2.06. The van der Waals surface area contributed by atoms with Gasteiger partial charge in [0.25, 0.3) is 0 Å². The Balaban J connectivity index is 2.37. The van der Waals surface area contributed by atoms with Crippen LogP contribution in [0.2, 0.25) is 0 Å². The van der Waals surface area contributed by atoms with Gasteiger partial charge in [-0.05, 0) is 24.0 Å². The first-order valence-corrected chi connectivity index (χ1v) is 7.29. The van der Waals surface area contributed by atoms with Crippen molar-refractivity contribution in [2.75, 3.05) is 0 Å². The second kappa shape index (κ2) is 5.21. The lowest BCUT2D eigenvalue weighted by molar-refractivity contribution is 0.112. The molecule has 0 saturated heterocycles. The molecule has 1 N–H and O–H groups in total. The molecule has 106 valence electrons. The molecule has 2 nitrogen and oxygen atoms in total. The van der Waals surface area contributed by atoms with Gasteiger partial charge < -0.3 is 4.98 Å². The maximum atomic E-state index is 11.6. The van der Waals surface area contributed by atoms with E-state index in [-0.39, 0.29) is 0 Å². The van der Waals surface area contributed by atoms with E-state index in [1.54, 1.807) is 0 Å². The molecule has 2 heteroatoms. The van der Waals surface area contributed by atoms with E-state index in [1.165, 1.54) is 11.1 Å². The number of hydrogen-bond donors (Lipinski definition) is 1. The number of nitrogens with one attached hydrogen (secondary N) is 1. The monoisotopic (exact) mass is 277 g/mol. The van der Waals surface area contributed by atoms with Gasteiger partial charge in [0.05, 0.1) is 11.2 Å². The van der Waals surface area contributed by atoms with Gasteiger partial charge >= 0.3 is 0 Å². The summed E-state index contributed by atoms with van der Waals surface area (Å²) in [7, 11) is 0. The molecular weight excluding hydrogens is 258 g/mol. The Bertz CT molecular complexity index is 812. The van der Waals surface area contributed by atoms with Crippen LogP contribution in [0.15, 0.2) is 42.5 Å². The van der Waals surface area contributed by atoms with E-state index in [2.05, 4.69) is 44.0 Å². The largest absolute Gasteiger partial charge is 0.354 e. The Hall–Kier alpha value is -2.35. The Morgan fingerprint density at radius 1 is 1.05 bits per heavy atom. The minimum absolute atomic E-state index is 0.413. The Morgan fingerprint density at radius 3 is 2.48 bits per heavy atom. The molecule has 2 aromatic carbocycles. The number of aldehydes is 1. The number of aryl methyl sites for hydroxylation is 1. The van der Waals surface area contributed by atoms with E-state index in [1.807, 2.05) is 24.3 Å². The summed E-state index contributed by atoms with van der Waals surface area (Å²) < 4.78 is 0. The van der Waals surface area contributed by atoms with Gasteiger partial charge in [-0.25, -0.2) is 0 Å². The molecule has 0 atom stereocenters. The highest BCUT2D eigenvalue weighted by molar-refractivity contribution is 6.05. The van der Waals surface area contributed by atoms with Gasteiger partial charge in [0.1, 0.15) is 0 Å². The summed E-state index contributed by atoms with van der Waals surface area (Å²) >= 11 is 0. The van der Waals surface area contributed by atoms with Crippen LogP contribution in [-0.2, 0) is 0 Å². The summed E-state index contributed by atoms with van der Waals surface area (Å²) in [4.78, 5) is 15.1. The molecule has 21 heavy (non-hydrogen) atoms. The van der Waals surface area contributed by atoms with Crippen molar-refractivity contribution in [2.45, 2.75) is 26.7 Å². The van der Waals surface area contributed by atoms with Crippen LogP contribution in [0.1, 0.15) is 41.3 Å². The predicted octanol–water partition coefficient (Wildman–Crippen LogP) is 5.08. The van der Waals surface area contributed by atoms with Crippen molar-refractivity contribution >= 4 is 17.2 Å². The summed E-state index contributed by atoms with van der Waals surface area (Å²) in [5.74, 6) is 0.413. The Morgan fingerprint density at radius 2 is 1.81 bits per heavy atom. The molecule has 0 unspecified atom stereocenters. The standard InChI is InChI=1S/C19H19NO/c1-12(2)14-9-6-10-16-17(11-21)19(20-18(14)16)15-8-5-4-7-13(15)3/h4-12,20H,1-3H3. The van der Waals surface area contributed by atoms with Crippen LogP contribution in [-0.4, -0.2) is 11.3 Å². The normalized spacial score (nSPS) is 11.2. The van der Waals surface area contributed by atoms with Crippen molar-refractivity contribution in [3.8, 4) is 11.3 Å². The van der Waals surface area contributed by atoms with Crippen molar-refractivity contribution in [1.29, 1.82) is 0 Å². The quantitative estimate of drug-likeness (QED) is 0.665. The number of rotatable bonds is 3. The summed E-state index contributed by atoms with van der Waals surface area (Å²) in [5, 5.41) is 1.01. The average molecular weight is 277 g/mol. The number of para-hydroxylation sites is 1. The number of carbonyl (C=O) groups excluding carboxylic acids is 1. The van der Waals surface area contributed by atoms with E-state index in [0.29, 0.717) is 5.92 Å². The molecule has 1 heterocycles. The van der Waals surface area contributed by atoms with Gasteiger partial charge in [-0.3, -0.25) is 4.79 Å². The van der Waals surface area contributed by atoms with E-state index in [9.17, 15) is 4.79 Å². The van der Waals surface area contributed by atoms with Crippen LogP contribution >= 0.6 is 0 Å². The first-order valence-electron chi connectivity index (χ1n) is 7.29. The second-order valence-corrected chi connectivity index (χ2v) is 5.77.